The summed E-state index contributed by atoms with van der Waals surface area (Å²) in [5.74, 6) is 0. The van der Waals surface area contributed by atoms with Crippen LogP contribution in [-0.2, 0) is 6.42 Å². The Morgan fingerprint density at radius 2 is 1.53 bits per heavy atom. The fourth-order valence-corrected chi connectivity index (χ4v) is 2.76. The van der Waals surface area contributed by atoms with Crippen molar-refractivity contribution < 1.29 is 0 Å². The summed E-state index contributed by atoms with van der Waals surface area (Å²) >= 11 is 0. The molecule has 0 saturated heterocycles. The standard InChI is InChI=1S/C14H23Si/c1-15(2)13-9-4-3-6-10-14-11-7-5-8-12-14/h5,7-8,11-12H,3-4,6,9-10,13H2,1-2H3. The largest absolute Gasteiger partial charge is 0.0713 e. The molecule has 1 radical (unpaired) electrons. The van der Waals surface area contributed by atoms with Gasteiger partial charge >= 0.3 is 0 Å². The minimum Gasteiger partial charge on any atom is -0.0713 e. The molecule has 1 rings (SSSR count). The van der Waals surface area contributed by atoms with Gasteiger partial charge in [0.2, 0.25) is 0 Å². The highest BCUT2D eigenvalue weighted by Gasteiger charge is 1.96. The van der Waals surface area contributed by atoms with Crippen molar-refractivity contribution in [3.8, 4) is 0 Å². The van der Waals surface area contributed by atoms with Crippen molar-refractivity contribution in [2.45, 2.75) is 51.2 Å². The zero-order valence-electron chi connectivity index (χ0n) is 10.1. The van der Waals surface area contributed by atoms with Crippen molar-refractivity contribution in [1.82, 2.24) is 0 Å². The van der Waals surface area contributed by atoms with E-state index in [0.29, 0.717) is 0 Å². The first-order valence-corrected chi connectivity index (χ1v) is 8.82. The molecule has 1 aromatic rings. The molecule has 0 N–H and O–H groups in total. The predicted molar refractivity (Wildman–Crippen MR) is 70.9 cm³/mol. The molecule has 0 fully saturated rings. The lowest BCUT2D eigenvalue weighted by atomic mass is 10.1. The van der Waals surface area contributed by atoms with Gasteiger partial charge < -0.3 is 0 Å². The van der Waals surface area contributed by atoms with Crippen molar-refractivity contribution in [3.05, 3.63) is 35.9 Å². The highest BCUT2D eigenvalue weighted by atomic mass is 28.3. The molecule has 0 bridgehead atoms. The van der Waals surface area contributed by atoms with E-state index in [9.17, 15) is 0 Å². The van der Waals surface area contributed by atoms with Gasteiger partial charge in [0.25, 0.3) is 0 Å². The predicted octanol–water partition coefficient (Wildman–Crippen LogP) is 4.54. The Bertz CT molecular complexity index is 241. The van der Waals surface area contributed by atoms with Crippen LogP contribution in [0.15, 0.2) is 30.3 Å². The van der Waals surface area contributed by atoms with Crippen LogP contribution < -0.4 is 0 Å². The average Bonchev–Trinajstić information content (AvgIpc) is 2.24. The summed E-state index contributed by atoms with van der Waals surface area (Å²) in [5.41, 5.74) is 1.49. The number of hydrogen-bond donors (Lipinski definition) is 0. The fourth-order valence-electron chi connectivity index (χ4n) is 1.81. The highest BCUT2D eigenvalue weighted by Crippen LogP contribution is 2.09. The summed E-state index contributed by atoms with van der Waals surface area (Å²) in [5, 5.41) is 0. The Morgan fingerprint density at radius 3 is 2.20 bits per heavy atom. The maximum atomic E-state index is 2.41. The molecule has 1 aromatic carbocycles. The van der Waals surface area contributed by atoms with Gasteiger partial charge in [0.1, 0.15) is 0 Å². The van der Waals surface area contributed by atoms with Crippen LogP contribution in [0.25, 0.3) is 0 Å². The van der Waals surface area contributed by atoms with E-state index in [2.05, 4.69) is 43.4 Å². The van der Waals surface area contributed by atoms with Gasteiger partial charge in [-0.15, -0.1) is 0 Å². The molecule has 15 heavy (non-hydrogen) atoms. The van der Waals surface area contributed by atoms with Gasteiger partial charge in [-0.1, -0.05) is 68.7 Å². The summed E-state index contributed by atoms with van der Waals surface area (Å²) in [7, 11) is 0.0266. The van der Waals surface area contributed by atoms with Crippen molar-refractivity contribution in [3.63, 3.8) is 0 Å². The summed E-state index contributed by atoms with van der Waals surface area (Å²) in [4.78, 5) is 0. The Balaban J connectivity index is 1.98. The lowest BCUT2D eigenvalue weighted by Crippen LogP contribution is -1.97. The van der Waals surface area contributed by atoms with E-state index in [0.717, 1.165) is 0 Å². The number of aryl methyl sites for hydroxylation is 1. The lowest BCUT2D eigenvalue weighted by Gasteiger charge is -2.03. The number of hydrogen-bond acceptors (Lipinski definition) is 0. The first-order chi connectivity index (χ1) is 7.29. The third-order valence-electron chi connectivity index (χ3n) is 2.74. The van der Waals surface area contributed by atoms with Crippen LogP contribution in [0.3, 0.4) is 0 Å². The second-order valence-electron chi connectivity index (χ2n) is 4.61. The van der Waals surface area contributed by atoms with E-state index >= 15 is 0 Å². The van der Waals surface area contributed by atoms with Crippen LogP contribution >= 0.6 is 0 Å². The molecule has 0 saturated carbocycles. The Labute approximate surface area is 96.3 Å². The third kappa shape index (κ3) is 6.51. The Morgan fingerprint density at radius 1 is 0.867 bits per heavy atom. The van der Waals surface area contributed by atoms with E-state index in [4.69, 9.17) is 0 Å². The molecule has 0 amide bonds. The van der Waals surface area contributed by atoms with Crippen LogP contribution in [0.5, 0.6) is 0 Å². The van der Waals surface area contributed by atoms with Crippen molar-refractivity contribution >= 4 is 8.80 Å². The number of rotatable bonds is 7. The molecule has 0 aliphatic rings. The number of benzene rings is 1. The molecule has 0 nitrogen and oxygen atoms in total. The Kier molecular flexibility index (Phi) is 6.41. The average molecular weight is 219 g/mol. The van der Waals surface area contributed by atoms with Crippen molar-refractivity contribution in [2.75, 3.05) is 0 Å². The molecular weight excluding hydrogens is 196 g/mol. The van der Waals surface area contributed by atoms with Gasteiger partial charge in [-0.25, -0.2) is 0 Å². The van der Waals surface area contributed by atoms with Gasteiger partial charge in [-0.3, -0.25) is 0 Å². The monoisotopic (exact) mass is 219 g/mol. The van der Waals surface area contributed by atoms with Crippen molar-refractivity contribution in [2.24, 2.45) is 0 Å². The quantitative estimate of drug-likeness (QED) is 0.466. The fraction of sp³-hybridized carbons (Fsp3) is 0.571. The first-order valence-electron chi connectivity index (χ1n) is 6.12. The molecule has 0 heterocycles. The van der Waals surface area contributed by atoms with Crippen LogP contribution in [0.4, 0.5) is 0 Å². The molecule has 0 aliphatic heterocycles. The van der Waals surface area contributed by atoms with E-state index in [-0.39, 0.29) is 8.80 Å². The topological polar surface area (TPSA) is 0 Å². The summed E-state index contributed by atoms with van der Waals surface area (Å²) < 4.78 is 0. The maximum Gasteiger partial charge on any atom is 0.0412 e. The molecule has 0 unspecified atom stereocenters. The molecule has 1 heteroatoms. The normalized spacial score (nSPS) is 10.9. The first kappa shape index (κ1) is 12.5. The van der Waals surface area contributed by atoms with Crippen molar-refractivity contribution in [1.29, 1.82) is 0 Å². The minimum absolute atomic E-state index is 0.0266. The van der Waals surface area contributed by atoms with Gasteiger partial charge in [0.15, 0.2) is 0 Å². The van der Waals surface area contributed by atoms with E-state index in [1.165, 1.54) is 43.7 Å². The molecule has 83 valence electrons. The SMILES string of the molecule is C[Si](C)CCCCCCc1ccccc1. The van der Waals surface area contributed by atoms with E-state index in [1.807, 2.05) is 0 Å². The van der Waals surface area contributed by atoms with E-state index in [1.54, 1.807) is 0 Å². The summed E-state index contributed by atoms with van der Waals surface area (Å²) in [6.45, 7) is 4.82. The van der Waals surface area contributed by atoms with Gasteiger partial charge in [0, 0.05) is 8.80 Å². The minimum atomic E-state index is 0.0266. The van der Waals surface area contributed by atoms with Crippen LogP contribution in [-0.4, -0.2) is 8.80 Å². The molecule has 0 spiro atoms. The highest BCUT2D eigenvalue weighted by molar-refractivity contribution is 6.55. The zero-order chi connectivity index (χ0) is 10.9. The second kappa shape index (κ2) is 7.69. The molecule has 0 aromatic heterocycles. The van der Waals surface area contributed by atoms with Crippen LogP contribution in [0.1, 0.15) is 31.2 Å². The van der Waals surface area contributed by atoms with E-state index < -0.39 is 0 Å². The zero-order valence-corrected chi connectivity index (χ0v) is 11.1. The maximum absolute atomic E-state index is 2.41. The van der Waals surface area contributed by atoms with Gasteiger partial charge in [-0.05, 0) is 18.4 Å². The summed E-state index contributed by atoms with van der Waals surface area (Å²) in [6, 6.07) is 12.3. The second-order valence-corrected chi connectivity index (χ2v) is 7.52. The Hall–Kier alpha value is -0.563. The van der Waals surface area contributed by atoms with Crippen LogP contribution in [0.2, 0.25) is 19.1 Å². The van der Waals surface area contributed by atoms with Crippen LogP contribution in [0, 0.1) is 0 Å². The summed E-state index contributed by atoms with van der Waals surface area (Å²) in [6.07, 6.45) is 6.92. The van der Waals surface area contributed by atoms with Gasteiger partial charge in [-0.2, -0.15) is 0 Å². The molecule has 0 atom stereocenters. The number of unbranched alkanes of at least 4 members (excludes halogenated alkanes) is 3. The molecule has 0 aliphatic carbocycles. The third-order valence-corrected chi connectivity index (χ3v) is 4.09. The molecular formula is C14H23Si. The lowest BCUT2D eigenvalue weighted by molar-refractivity contribution is 0.664. The smallest absolute Gasteiger partial charge is 0.0412 e. The van der Waals surface area contributed by atoms with Gasteiger partial charge in [0.05, 0.1) is 0 Å².